The molecule has 2 amide bonds. The van der Waals surface area contributed by atoms with E-state index in [1.54, 1.807) is 38.2 Å². The average molecular weight is 421 g/mol. The van der Waals surface area contributed by atoms with Gasteiger partial charge in [-0.2, -0.15) is 0 Å². The van der Waals surface area contributed by atoms with Crippen LogP contribution in [-0.2, 0) is 9.59 Å². The van der Waals surface area contributed by atoms with Gasteiger partial charge in [-0.3, -0.25) is 24.6 Å². The van der Waals surface area contributed by atoms with Gasteiger partial charge in [-0.05, 0) is 38.2 Å². The molecule has 0 spiro atoms. The summed E-state index contributed by atoms with van der Waals surface area (Å²) in [6.45, 7) is 1.50. The summed E-state index contributed by atoms with van der Waals surface area (Å²) in [5.41, 5.74) is 0.299. The fraction of sp³-hybridized carbons (Fsp3) is 0.263. The van der Waals surface area contributed by atoms with Gasteiger partial charge in [-0.15, -0.1) is 0 Å². The molecule has 0 fully saturated rings. The maximum absolute atomic E-state index is 12.5. The molecule has 0 saturated carbocycles. The number of nitro benzene ring substituents is 1. The number of ether oxygens (including phenoxy) is 1. The first-order chi connectivity index (χ1) is 13.7. The van der Waals surface area contributed by atoms with Crippen LogP contribution in [0, 0.1) is 10.1 Å². The van der Waals surface area contributed by atoms with Crippen molar-refractivity contribution in [2.75, 3.05) is 31.3 Å². The van der Waals surface area contributed by atoms with E-state index in [9.17, 15) is 19.7 Å². The molecule has 2 N–H and O–H groups in total. The first kappa shape index (κ1) is 22.1. The highest BCUT2D eigenvalue weighted by Gasteiger charge is 2.23. The number of carbonyl (C=O) groups excluding carboxylic acids is 2. The highest BCUT2D eigenvalue weighted by molar-refractivity contribution is 6.31. The van der Waals surface area contributed by atoms with E-state index in [1.165, 1.54) is 30.2 Å². The highest BCUT2D eigenvalue weighted by atomic mass is 35.5. The molecule has 2 rings (SSSR count). The van der Waals surface area contributed by atoms with Gasteiger partial charge in [-0.1, -0.05) is 23.7 Å². The van der Waals surface area contributed by atoms with Gasteiger partial charge in [0.05, 0.1) is 30.3 Å². The molecule has 0 aliphatic carbocycles. The first-order valence-corrected chi connectivity index (χ1v) is 8.98. The second-order valence-electron chi connectivity index (χ2n) is 6.25. The SMILES string of the molecule is COc1ccc(Cl)cc1NC(=O)CN(C)C(C)C(=O)Nc1ccccc1[N+](=O)[O-]. The third kappa shape index (κ3) is 5.90. The number of halogens is 1. The van der Waals surface area contributed by atoms with E-state index in [0.717, 1.165) is 0 Å². The number of hydrogen-bond donors (Lipinski definition) is 2. The standard InChI is InChI=1S/C19H21ClN4O5/c1-12(19(26)22-14-6-4-5-7-16(14)24(27)28)23(2)11-18(25)21-15-10-13(20)8-9-17(15)29-3/h4-10,12H,11H2,1-3H3,(H,21,25)(H,22,26). The number of hydrogen-bond acceptors (Lipinski definition) is 6. The molecule has 10 heteroatoms. The van der Waals surface area contributed by atoms with E-state index < -0.39 is 16.9 Å². The molecule has 2 aromatic rings. The zero-order valence-corrected chi connectivity index (χ0v) is 16.9. The summed E-state index contributed by atoms with van der Waals surface area (Å²) in [5.74, 6) is -0.402. The fourth-order valence-corrected chi connectivity index (χ4v) is 2.68. The number of methoxy groups -OCH3 is 1. The number of likely N-dealkylation sites (N-methyl/N-ethyl adjacent to an activating group) is 1. The number of nitrogens with zero attached hydrogens (tertiary/aromatic N) is 2. The van der Waals surface area contributed by atoms with Crippen LogP contribution < -0.4 is 15.4 Å². The Hall–Kier alpha value is -3.17. The molecule has 0 aliphatic rings. The fourth-order valence-electron chi connectivity index (χ4n) is 2.51. The summed E-state index contributed by atoms with van der Waals surface area (Å²) < 4.78 is 5.18. The molecule has 2 aromatic carbocycles. The minimum atomic E-state index is -0.721. The number of rotatable bonds is 8. The third-order valence-corrected chi connectivity index (χ3v) is 4.46. The average Bonchev–Trinajstić information content (AvgIpc) is 2.67. The molecule has 0 aromatic heterocycles. The van der Waals surface area contributed by atoms with E-state index in [2.05, 4.69) is 10.6 Å². The number of amides is 2. The van der Waals surface area contributed by atoms with Crippen molar-refractivity contribution in [2.24, 2.45) is 0 Å². The minimum absolute atomic E-state index is 0.0934. The van der Waals surface area contributed by atoms with Crippen LogP contribution in [0.2, 0.25) is 5.02 Å². The van der Waals surface area contributed by atoms with Crippen molar-refractivity contribution in [3.8, 4) is 5.75 Å². The van der Waals surface area contributed by atoms with Crippen LogP contribution >= 0.6 is 11.6 Å². The lowest BCUT2D eigenvalue weighted by molar-refractivity contribution is -0.383. The molecule has 29 heavy (non-hydrogen) atoms. The van der Waals surface area contributed by atoms with Gasteiger partial charge in [0.25, 0.3) is 5.69 Å². The molecule has 0 heterocycles. The molecular weight excluding hydrogens is 400 g/mol. The summed E-state index contributed by atoms with van der Waals surface area (Å²) in [5, 5.41) is 16.7. The molecule has 154 valence electrons. The van der Waals surface area contributed by atoms with Crippen LogP contribution in [0.4, 0.5) is 17.1 Å². The lowest BCUT2D eigenvalue weighted by Gasteiger charge is -2.23. The van der Waals surface area contributed by atoms with Gasteiger partial charge in [0.1, 0.15) is 11.4 Å². The van der Waals surface area contributed by atoms with Gasteiger partial charge in [0.15, 0.2) is 0 Å². The van der Waals surface area contributed by atoms with Crippen molar-refractivity contribution in [2.45, 2.75) is 13.0 Å². The Morgan fingerprint density at radius 1 is 1.21 bits per heavy atom. The van der Waals surface area contributed by atoms with Crippen LogP contribution in [-0.4, -0.2) is 48.4 Å². The Labute approximate surface area is 172 Å². The molecular formula is C19H21ClN4O5. The summed E-state index contributed by atoms with van der Waals surface area (Å²) in [7, 11) is 3.07. The largest absolute Gasteiger partial charge is 0.495 e. The first-order valence-electron chi connectivity index (χ1n) is 8.60. The van der Waals surface area contributed by atoms with Crippen LogP contribution in [0.25, 0.3) is 0 Å². The summed E-state index contributed by atoms with van der Waals surface area (Å²) in [4.78, 5) is 36.8. The zero-order chi connectivity index (χ0) is 21.6. The van der Waals surface area contributed by atoms with Gasteiger partial charge in [0.2, 0.25) is 11.8 Å². The van der Waals surface area contributed by atoms with Gasteiger partial charge in [0, 0.05) is 11.1 Å². The van der Waals surface area contributed by atoms with Gasteiger partial charge in [-0.25, -0.2) is 0 Å². The number of nitro groups is 1. The number of anilines is 2. The van der Waals surface area contributed by atoms with Crippen LogP contribution in [0.15, 0.2) is 42.5 Å². The summed E-state index contributed by atoms with van der Waals surface area (Å²) >= 11 is 5.95. The summed E-state index contributed by atoms with van der Waals surface area (Å²) in [6, 6.07) is 9.95. The molecule has 0 radical (unpaired) electrons. The minimum Gasteiger partial charge on any atom is -0.495 e. The van der Waals surface area contributed by atoms with Crippen molar-refractivity contribution in [1.29, 1.82) is 0 Å². The van der Waals surface area contributed by atoms with Gasteiger partial charge < -0.3 is 15.4 Å². The lowest BCUT2D eigenvalue weighted by atomic mass is 10.2. The van der Waals surface area contributed by atoms with Crippen molar-refractivity contribution in [3.05, 3.63) is 57.6 Å². The smallest absolute Gasteiger partial charge is 0.292 e. The number of para-hydroxylation sites is 2. The number of nitrogens with one attached hydrogen (secondary N) is 2. The van der Waals surface area contributed by atoms with Crippen LogP contribution in [0.1, 0.15) is 6.92 Å². The Kier molecular flexibility index (Phi) is 7.52. The lowest BCUT2D eigenvalue weighted by Crippen LogP contribution is -2.43. The molecule has 0 bridgehead atoms. The maximum Gasteiger partial charge on any atom is 0.292 e. The zero-order valence-electron chi connectivity index (χ0n) is 16.1. The molecule has 0 aliphatic heterocycles. The van der Waals surface area contributed by atoms with E-state index in [-0.39, 0.29) is 23.8 Å². The summed E-state index contributed by atoms with van der Waals surface area (Å²) in [6.07, 6.45) is 0. The van der Waals surface area contributed by atoms with E-state index in [1.807, 2.05) is 0 Å². The van der Waals surface area contributed by atoms with Gasteiger partial charge >= 0.3 is 0 Å². The van der Waals surface area contributed by atoms with Crippen molar-refractivity contribution < 1.29 is 19.2 Å². The topological polar surface area (TPSA) is 114 Å². The monoisotopic (exact) mass is 420 g/mol. The highest BCUT2D eigenvalue weighted by Crippen LogP contribution is 2.27. The maximum atomic E-state index is 12.5. The van der Waals surface area contributed by atoms with Crippen molar-refractivity contribution in [3.63, 3.8) is 0 Å². The Morgan fingerprint density at radius 3 is 2.55 bits per heavy atom. The second kappa shape index (κ2) is 9.85. The van der Waals surface area contributed by atoms with Crippen molar-refractivity contribution in [1.82, 2.24) is 4.90 Å². The molecule has 1 unspecified atom stereocenters. The molecule has 9 nitrogen and oxygen atoms in total. The second-order valence-corrected chi connectivity index (χ2v) is 6.68. The predicted octanol–water partition coefficient (Wildman–Crippen LogP) is 3.15. The Balaban J connectivity index is 2.00. The van der Waals surface area contributed by atoms with Crippen LogP contribution in [0.5, 0.6) is 5.75 Å². The Bertz CT molecular complexity index is 921. The Morgan fingerprint density at radius 2 is 1.90 bits per heavy atom. The quantitative estimate of drug-likeness (QED) is 0.501. The predicted molar refractivity (Wildman–Crippen MR) is 110 cm³/mol. The number of benzene rings is 2. The van der Waals surface area contributed by atoms with E-state index >= 15 is 0 Å². The van der Waals surface area contributed by atoms with E-state index in [0.29, 0.717) is 16.5 Å². The van der Waals surface area contributed by atoms with E-state index in [4.69, 9.17) is 16.3 Å². The number of carbonyl (C=O) groups is 2. The molecule has 0 saturated heterocycles. The van der Waals surface area contributed by atoms with Crippen LogP contribution in [0.3, 0.4) is 0 Å². The third-order valence-electron chi connectivity index (χ3n) is 4.23. The normalized spacial score (nSPS) is 11.6. The molecule has 1 atom stereocenters. The van der Waals surface area contributed by atoms with Crippen molar-refractivity contribution >= 4 is 40.5 Å².